The first-order valence-corrected chi connectivity index (χ1v) is 6.95. The molecular weight excluding hydrogens is 268 g/mol. The first kappa shape index (κ1) is 15.1. The second kappa shape index (κ2) is 6.92. The van der Waals surface area contributed by atoms with E-state index in [0.29, 0.717) is 19.6 Å². The van der Waals surface area contributed by atoms with E-state index in [0.717, 1.165) is 22.3 Å². The number of carbonyl (C=O) groups excluding carboxylic acids is 1. The largest absolute Gasteiger partial charge is 0.497 e. The minimum atomic E-state index is -0.189. The molecule has 0 saturated carbocycles. The number of carbonyl (C=O) groups is 1. The fourth-order valence-electron chi connectivity index (χ4n) is 2.17. The van der Waals surface area contributed by atoms with Gasteiger partial charge in [0.25, 0.3) is 0 Å². The molecule has 0 fully saturated rings. The molecule has 0 radical (unpaired) electrons. The molecule has 0 bridgehead atoms. The number of pyridine rings is 1. The molecule has 2 aromatic rings. The van der Waals surface area contributed by atoms with Gasteiger partial charge in [-0.3, -0.25) is 4.79 Å². The zero-order valence-electron chi connectivity index (χ0n) is 12.6. The average Bonchev–Trinajstić information content (AvgIpc) is 2.51. The van der Waals surface area contributed by atoms with E-state index in [9.17, 15) is 4.79 Å². The van der Waals surface area contributed by atoms with Gasteiger partial charge in [0.2, 0.25) is 0 Å². The van der Waals surface area contributed by atoms with Crippen LogP contribution >= 0.6 is 0 Å². The molecule has 0 N–H and O–H groups in total. The van der Waals surface area contributed by atoms with Gasteiger partial charge in [-0.15, -0.1) is 0 Å². The highest BCUT2D eigenvalue weighted by Crippen LogP contribution is 2.27. The lowest BCUT2D eigenvalue weighted by molar-refractivity contribution is -0.142. The Hall–Kier alpha value is -2.30. The van der Waals surface area contributed by atoms with Crippen LogP contribution < -0.4 is 9.64 Å². The van der Waals surface area contributed by atoms with Crippen molar-refractivity contribution < 1.29 is 14.3 Å². The van der Waals surface area contributed by atoms with Gasteiger partial charge in [0.15, 0.2) is 0 Å². The summed E-state index contributed by atoms with van der Waals surface area (Å²) in [5, 5.41) is 2.09. The molecule has 1 aromatic heterocycles. The third-order valence-electron chi connectivity index (χ3n) is 3.27. The number of ether oxygens (including phenoxy) is 2. The highest BCUT2D eigenvalue weighted by molar-refractivity contribution is 5.93. The van der Waals surface area contributed by atoms with E-state index >= 15 is 0 Å². The van der Waals surface area contributed by atoms with Crippen LogP contribution in [-0.2, 0) is 9.53 Å². The quantitative estimate of drug-likeness (QED) is 0.765. The maximum atomic E-state index is 11.4. The van der Waals surface area contributed by atoms with E-state index in [1.165, 1.54) is 0 Å². The third kappa shape index (κ3) is 3.62. The third-order valence-corrected chi connectivity index (χ3v) is 3.27. The summed E-state index contributed by atoms with van der Waals surface area (Å²) in [5.74, 6) is 1.47. The first-order valence-electron chi connectivity index (χ1n) is 6.95. The van der Waals surface area contributed by atoms with Crippen molar-refractivity contribution in [2.24, 2.45) is 0 Å². The minimum absolute atomic E-state index is 0.189. The molecule has 0 aliphatic heterocycles. The fourth-order valence-corrected chi connectivity index (χ4v) is 2.17. The number of methoxy groups -OCH3 is 1. The molecule has 0 aliphatic carbocycles. The van der Waals surface area contributed by atoms with Crippen LogP contribution in [0.25, 0.3) is 10.8 Å². The predicted octanol–water partition coefficient (Wildman–Crippen LogP) is 2.63. The van der Waals surface area contributed by atoms with Crippen LogP contribution in [0.1, 0.15) is 13.3 Å². The number of anilines is 1. The van der Waals surface area contributed by atoms with E-state index in [1.54, 1.807) is 20.2 Å². The average molecular weight is 288 g/mol. The Bertz CT molecular complexity index is 628. The zero-order chi connectivity index (χ0) is 15.2. The number of hydrogen-bond acceptors (Lipinski definition) is 5. The Kier molecular flexibility index (Phi) is 4.98. The molecule has 0 unspecified atom stereocenters. The summed E-state index contributed by atoms with van der Waals surface area (Å²) in [6, 6.07) is 7.81. The van der Waals surface area contributed by atoms with Gasteiger partial charge in [0.1, 0.15) is 11.6 Å². The Balaban J connectivity index is 2.19. The van der Waals surface area contributed by atoms with Gasteiger partial charge in [0.05, 0.1) is 20.1 Å². The van der Waals surface area contributed by atoms with Crippen LogP contribution in [0.5, 0.6) is 5.75 Å². The van der Waals surface area contributed by atoms with Gasteiger partial charge >= 0.3 is 5.97 Å². The summed E-state index contributed by atoms with van der Waals surface area (Å²) >= 11 is 0. The molecule has 5 heteroatoms. The molecule has 21 heavy (non-hydrogen) atoms. The van der Waals surface area contributed by atoms with Gasteiger partial charge in [-0.25, -0.2) is 4.98 Å². The molecule has 2 rings (SSSR count). The Morgan fingerprint density at radius 3 is 2.86 bits per heavy atom. The van der Waals surface area contributed by atoms with E-state index in [2.05, 4.69) is 4.98 Å². The van der Waals surface area contributed by atoms with Crippen molar-refractivity contribution >= 4 is 22.6 Å². The lowest BCUT2D eigenvalue weighted by Gasteiger charge is -2.19. The normalized spacial score (nSPS) is 10.4. The summed E-state index contributed by atoms with van der Waals surface area (Å²) in [6.45, 7) is 2.78. The number of esters is 1. The molecule has 1 aromatic carbocycles. The van der Waals surface area contributed by atoms with Gasteiger partial charge < -0.3 is 14.4 Å². The Morgan fingerprint density at radius 1 is 1.33 bits per heavy atom. The number of nitrogens with zero attached hydrogens (tertiary/aromatic N) is 2. The lowest BCUT2D eigenvalue weighted by atomic mass is 10.1. The molecule has 112 valence electrons. The van der Waals surface area contributed by atoms with Crippen LogP contribution in [0.2, 0.25) is 0 Å². The van der Waals surface area contributed by atoms with E-state index in [1.807, 2.05) is 36.2 Å². The van der Waals surface area contributed by atoms with Crippen molar-refractivity contribution in [2.45, 2.75) is 13.3 Å². The SMILES string of the molecule is CCOC(=O)CCN(C)c1nccc2cc(OC)ccc12. The second-order valence-electron chi connectivity index (χ2n) is 4.70. The van der Waals surface area contributed by atoms with Gasteiger partial charge in [-0.2, -0.15) is 0 Å². The maximum Gasteiger partial charge on any atom is 0.307 e. The highest BCUT2D eigenvalue weighted by Gasteiger charge is 2.10. The van der Waals surface area contributed by atoms with Crippen molar-refractivity contribution in [3.05, 3.63) is 30.5 Å². The molecule has 0 atom stereocenters. The predicted molar refractivity (Wildman–Crippen MR) is 82.8 cm³/mol. The number of benzene rings is 1. The smallest absolute Gasteiger partial charge is 0.307 e. The van der Waals surface area contributed by atoms with Crippen LogP contribution in [0.4, 0.5) is 5.82 Å². The number of aromatic nitrogens is 1. The number of fused-ring (bicyclic) bond motifs is 1. The van der Waals surface area contributed by atoms with Gasteiger partial charge in [-0.1, -0.05) is 0 Å². The molecule has 0 aliphatic rings. The van der Waals surface area contributed by atoms with Crippen LogP contribution in [0.3, 0.4) is 0 Å². The zero-order valence-corrected chi connectivity index (χ0v) is 12.6. The van der Waals surface area contributed by atoms with Crippen molar-refractivity contribution in [1.82, 2.24) is 4.98 Å². The molecule has 0 amide bonds. The monoisotopic (exact) mass is 288 g/mol. The topological polar surface area (TPSA) is 51.7 Å². The molecule has 0 spiro atoms. The summed E-state index contributed by atoms with van der Waals surface area (Å²) < 4.78 is 10.2. The van der Waals surface area contributed by atoms with E-state index < -0.39 is 0 Å². The summed E-state index contributed by atoms with van der Waals surface area (Å²) in [6.07, 6.45) is 2.11. The first-order chi connectivity index (χ1) is 10.2. The van der Waals surface area contributed by atoms with Crippen molar-refractivity contribution in [3.8, 4) is 5.75 Å². The van der Waals surface area contributed by atoms with Crippen molar-refractivity contribution in [1.29, 1.82) is 0 Å². The van der Waals surface area contributed by atoms with Crippen molar-refractivity contribution in [3.63, 3.8) is 0 Å². The minimum Gasteiger partial charge on any atom is -0.497 e. The molecule has 1 heterocycles. The number of rotatable bonds is 6. The Labute approximate surface area is 124 Å². The van der Waals surface area contributed by atoms with Gasteiger partial charge in [-0.05, 0) is 36.6 Å². The summed E-state index contributed by atoms with van der Waals surface area (Å²) in [7, 11) is 3.57. The van der Waals surface area contributed by atoms with E-state index in [4.69, 9.17) is 9.47 Å². The molecular formula is C16H20N2O3. The lowest BCUT2D eigenvalue weighted by Crippen LogP contribution is -2.23. The van der Waals surface area contributed by atoms with Gasteiger partial charge in [0, 0.05) is 25.2 Å². The van der Waals surface area contributed by atoms with Crippen LogP contribution in [0, 0.1) is 0 Å². The van der Waals surface area contributed by atoms with Crippen molar-refractivity contribution in [2.75, 3.05) is 32.2 Å². The molecule has 5 nitrogen and oxygen atoms in total. The summed E-state index contributed by atoms with van der Waals surface area (Å²) in [5.41, 5.74) is 0. The maximum absolute atomic E-state index is 11.4. The summed E-state index contributed by atoms with van der Waals surface area (Å²) in [4.78, 5) is 17.8. The molecule has 0 saturated heterocycles. The second-order valence-corrected chi connectivity index (χ2v) is 4.70. The van der Waals surface area contributed by atoms with Crippen LogP contribution in [0.15, 0.2) is 30.5 Å². The van der Waals surface area contributed by atoms with E-state index in [-0.39, 0.29) is 5.97 Å². The fraction of sp³-hybridized carbons (Fsp3) is 0.375. The Morgan fingerprint density at radius 2 is 2.14 bits per heavy atom. The standard InChI is InChI=1S/C16H20N2O3/c1-4-21-15(19)8-10-18(2)16-14-6-5-13(20-3)11-12(14)7-9-17-16/h5-7,9,11H,4,8,10H2,1-3H3. The number of hydrogen-bond donors (Lipinski definition) is 0. The van der Waals surface area contributed by atoms with Crippen LogP contribution in [-0.4, -0.2) is 38.3 Å². The highest BCUT2D eigenvalue weighted by atomic mass is 16.5.